The predicted molar refractivity (Wildman–Crippen MR) is 107 cm³/mol. The smallest absolute Gasteiger partial charge is 0.316 e. The summed E-state index contributed by atoms with van der Waals surface area (Å²) < 4.78 is 20.6. The van der Waals surface area contributed by atoms with Crippen molar-refractivity contribution >= 4 is 17.7 Å². The summed E-state index contributed by atoms with van der Waals surface area (Å²) >= 11 is 1.28. The molecule has 0 amide bonds. The van der Waals surface area contributed by atoms with E-state index in [2.05, 4.69) is 22.0 Å². The Morgan fingerprint density at radius 3 is 2.46 bits per heavy atom. The summed E-state index contributed by atoms with van der Waals surface area (Å²) in [6.45, 7) is 7.82. The molecule has 2 aromatic rings. The number of carbonyl (C=O) groups excluding carboxylic acids is 1. The Hall–Kier alpha value is -1.93. The molecule has 2 heterocycles. The Labute approximate surface area is 169 Å². The van der Waals surface area contributed by atoms with E-state index < -0.39 is 0 Å². The number of piperidine rings is 1. The lowest BCUT2D eigenvalue weighted by atomic mass is 10.1. The highest BCUT2D eigenvalue weighted by atomic mass is 32.2. The lowest BCUT2D eigenvalue weighted by Gasteiger charge is -2.31. The van der Waals surface area contributed by atoms with Gasteiger partial charge in [0.15, 0.2) is 11.0 Å². The van der Waals surface area contributed by atoms with Gasteiger partial charge >= 0.3 is 5.97 Å². The molecule has 0 N–H and O–H groups in total. The van der Waals surface area contributed by atoms with Gasteiger partial charge in [0.1, 0.15) is 5.82 Å². The number of hydrogen-bond acceptors (Lipinski definition) is 6. The third-order valence-corrected chi connectivity index (χ3v) is 5.64. The number of aromatic nitrogens is 3. The van der Waals surface area contributed by atoms with Crippen LogP contribution in [0.4, 0.5) is 4.39 Å². The maximum Gasteiger partial charge on any atom is 0.316 e. The summed E-state index contributed by atoms with van der Waals surface area (Å²) in [5.41, 5.74) is 0.782. The topological polar surface area (TPSA) is 60.2 Å². The highest BCUT2D eigenvalue weighted by Crippen LogP contribution is 2.29. The first kappa shape index (κ1) is 20.8. The van der Waals surface area contributed by atoms with Gasteiger partial charge in [-0.2, -0.15) is 0 Å². The Kier molecular flexibility index (Phi) is 7.07. The summed E-state index contributed by atoms with van der Waals surface area (Å²) in [5, 5.41) is 9.37. The van der Waals surface area contributed by atoms with Gasteiger partial charge in [-0.25, -0.2) is 4.39 Å². The number of benzene rings is 1. The minimum atomic E-state index is -0.294. The number of nitrogens with zero attached hydrogens (tertiary/aromatic N) is 4. The molecule has 0 saturated carbocycles. The molecule has 0 bridgehead atoms. The number of thioether (sulfide) groups is 1. The standard InChI is InChI=1S/C20H27FN4O2S/c1-14(2)27-18(26)13-28-20-23-22-19(15(3)24-11-5-4-6-12-24)25(20)17-9-7-16(21)8-10-17/h7-10,14-15H,4-6,11-13H2,1-3H3/t15-/m0/s1. The van der Waals surface area contributed by atoms with Gasteiger partial charge in [-0.1, -0.05) is 18.2 Å². The molecule has 0 aliphatic carbocycles. The van der Waals surface area contributed by atoms with Gasteiger partial charge in [-0.15, -0.1) is 10.2 Å². The van der Waals surface area contributed by atoms with Crippen molar-refractivity contribution in [2.24, 2.45) is 0 Å². The van der Waals surface area contributed by atoms with E-state index in [0.29, 0.717) is 5.16 Å². The Balaban J connectivity index is 1.88. The van der Waals surface area contributed by atoms with Crippen molar-refractivity contribution in [3.63, 3.8) is 0 Å². The maximum atomic E-state index is 13.4. The maximum absolute atomic E-state index is 13.4. The van der Waals surface area contributed by atoms with E-state index in [-0.39, 0.29) is 29.7 Å². The number of likely N-dealkylation sites (tertiary alicyclic amines) is 1. The predicted octanol–water partition coefficient (Wildman–Crippen LogP) is 4.00. The molecule has 0 radical (unpaired) electrons. The molecule has 8 heteroatoms. The quantitative estimate of drug-likeness (QED) is 0.512. The second-order valence-corrected chi connectivity index (χ2v) is 8.19. The molecule has 6 nitrogen and oxygen atoms in total. The summed E-state index contributed by atoms with van der Waals surface area (Å²) in [5.74, 6) is 0.361. The molecular weight excluding hydrogens is 379 g/mol. The van der Waals surface area contributed by atoms with Crippen LogP contribution in [0.1, 0.15) is 51.9 Å². The second-order valence-electron chi connectivity index (χ2n) is 7.25. The van der Waals surface area contributed by atoms with E-state index in [1.807, 2.05) is 18.4 Å². The van der Waals surface area contributed by atoms with E-state index in [1.54, 1.807) is 12.1 Å². The number of hydrogen-bond donors (Lipinski definition) is 0. The van der Waals surface area contributed by atoms with Crippen LogP contribution in [0.5, 0.6) is 0 Å². The average molecular weight is 407 g/mol. The van der Waals surface area contributed by atoms with Gasteiger partial charge in [-0.3, -0.25) is 14.3 Å². The zero-order valence-electron chi connectivity index (χ0n) is 16.6. The van der Waals surface area contributed by atoms with Crippen LogP contribution in [-0.2, 0) is 9.53 Å². The first-order valence-corrected chi connectivity index (χ1v) is 10.7. The van der Waals surface area contributed by atoms with Crippen molar-refractivity contribution in [1.82, 2.24) is 19.7 Å². The fourth-order valence-corrected chi connectivity index (χ4v) is 4.11. The monoisotopic (exact) mass is 406 g/mol. The van der Waals surface area contributed by atoms with Gasteiger partial charge in [-0.05, 0) is 71.0 Å². The van der Waals surface area contributed by atoms with Crippen LogP contribution in [-0.4, -0.2) is 50.6 Å². The molecule has 0 unspecified atom stereocenters. The van der Waals surface area contributed by atoms with Gasteiger partial charge < -0.3 is 4.74 Å². The van der Waals surface area contributed by atoms with Crippen LogP contribution in [0.2, 0.25) is 0 Å². The molecule has 1 saturated heterocycles. The van der Waals surface area contributed by atoms with Crippen molar-refractivity contribution in [1.29, 1.82) is 0 Å². The normalized spacial score (nSPS) is 16.3. The zero-order valence-corrected chi connectivity index (χ0v) is 17.4. The summed E-state index contributed by atoms with van der Waals surface area (Å²) in [7, 11) is 0. The number of rotatable bonds is 7. The molecule has 0 spiro atoms. The van der Waals surface area contributed by atoms with Crippen molar-refractivity contribution in [2.75, 3.05) is 18.8 Å². The van der Waals surface area contributed by atoms with Crippen LogP contribution >= 0.6 is 11.8 Å². The largest absolute Gasteiger partial charge is 0.462 e. The fourth-order valence-electron chi connectivity index (χ4n) is 3.37. The van der Waals surface area contributed by atoms with Crippen LogP contribution in [0.15, 0.2) is 29.4 Å². The third kappa shape index (κ3) is 5.11. The molecule has 1 fully saturated rings. The molecule has 152 valence electrons. The van der Waals surface area contributed by atoms with E-state index in [1.165, 1.54) is 43.2 Å². The molecule has 1 atom stereocenters. The molecule has 1 aliphatic heterocycles. The first-order chi connectivity index (χ1) is 13.5. The summed E-state index contributed by atoms with van der Waals surface area (Å²) in [6.07, 6.45) is 3.46. The fraction of sp³-hybridized carbons (Fsp3) is 0.550. The van der Waals surface area contributed by atoms with Crippen molar-refractivity contribution in [2.45, 2.75) is 57.3 Å². The van der Waals surface area contributed by atoms with Gasteiger partial charge in [0, 0.05) is 5.69 Å². The highest BCUT2D eigenvalue weighted by Gasteiger charge is 2.26. The highest BCUT2D eigenvalue weighted by molar-refractivity contribution is 7.99. The second kappa shape index (κ2) is 9.52. The lowest BCUT2D eigenvalue weighted by Crippen LogP contribution is -2.33. The average Bonchev–Trinajstić information content (AvgIpc) is 3.10. The molecule has 28 heavy (non-hydrogen) atoms. The number of esters is 1. The van der Waals surface area contributed by atoms with Crippen molar-refractivity contribution < 1.29 is 13.9 Å². The minimum absolute atomic E-state index is 0.0785. The van der Waals surface area contributed by atoms with Crippen molar-refractivity contribution in [3.8, 4) is 5.69 Å². The lowest BCUT2D eigenvalue weighted by molar-refractivity contribution is -0.144. The van der Waals surface area contributed by atoms with Crippen molar-refractivity contribution in [3.05, 3.63) is 35.9 Å². The minimum Gasteiger partial charge on any atom is -0.462 e. The molecular formula is C20H27FN4O2S. The van der Waals surface area contributed by atoms with Gasteiger partial charge in [0.05, 0.1) is 17.9 Å². The van der Waals surface area contributed by atoms with E-state index >= 15 is 0 Å². The van der Waals surface area contributed by atoms with Crippen LogP contribution in [0.3, 0.4) is 0 Å². The molecule has 1 aromatic carbocycles. The number of ether oxygens (including phenoxy) is 1. The molecule has 3 rings (SSSR count). The van der Waals surface area contributed by atoms with E-state index in [9.17, 15) is 9.18 Å². The van der Waals surface area contributed by atoms with Gasteiger partial charge in [0.25, 0.3) is 0 Å². The van der Waals surface area contributed by atoms with Crippen LogP contribution in [0, 0.1) is 5.82 Å². The molecule has 1 aromatic heterocycles. The molecule has 1 aliphatic rings. The Bertz CT molecular complexity index is 788. The SMILES string of the molecule is CC(C)OC(=O)CSc1nnc([C@H](C)N2CCCCC2)n1-c1ccc(F)cc1. The Morgan fingerprint density at radius 2 is 1.82 bits per heavy atom. The first-order valence-electron chi connectivity index (χ1n) is 9.73. The van der Waals surface area contributed by atoms with E-state index in [0.717, 1.165) is 24.6 Å². The number of halogens is 1. The third-order valence-electron chi connectivity index (χ3n) is 4.74. The van der Waals surface area contributed by atoms with E-state index in [4.69, 9.17) is 4.74 Å². The Morgan fingerprint density at radius 1 is 1.14 bits per heavy atom. The van der Waals surface area contributed by atoms with Gasteiger partial charge in [0.2, 0.25) is 0 Å². The zero-order chi connectivity index (χ0) is 20.1. The van der Waals surface area contributed by atoms with Crippen LogP contribution in [0.25, 0.3) is 5.69 Å². The summed E-state index contributed by atoms with van der Waals surface area (Å²) in [4.78, 5) is 14.3. The summed E-state index contributed by atoms with van der Waals surface area (Å²) in [6, 6.07) is 6.34. The number of carbonyl (C=O) groups is 1. The van der Waals surface area contributed by atoms with Crippen LogP contribution < -0.4 is 0 Å².